The molecule has 0 saturated heterocycles. The maximum Gasteiger partial charge on any atom is 0.417 e. The molecule has 3 rings (SSSR count). The Morgan fingerprint density at radius 1 is 1.14 bits per heavy atom. The Bertz CT molecular complexity index is 1370. The summed E-state index contributed by atoms with van der Waals surface area (Å²) in [5.74, 6) is -0.606. The largest absolute Gasteiger partial charge is 0.417 e. The van der Waals surface area contributed by atoms with Crippen LogP contribution in [0.4, 0.5) is 18.9 Å². The summed E-state index contributed by atoms with van der Waals surface area (Å²) in [4.78, 5) is 17.4. The van der Waals surface area contributed by atoms with Gasteiger partial charge in [0.1, 0.15) is 12.4 Å². The van der Waals surface area contributed by atoms with E-state index in [9.17, 15) is 26.4 Å². The highest BCUT2D eigenvalue weighted by Crippen LogP contribution is 2.38. The lowest BCUT2D eigenvalue weighted by molar-refractivity contribution is -0.137. The van der Waals surface area contributed by atoms with E-state index in [0.717, 1.165) is 12.1 Å². The van der Waals surface area contributed by atoms with Gasteiger partial charge in [0, 0.05) is 23.8 Å². The first-order chi connectivity index (χ1) is 16.4. The van der Waals surface area contributed by atoms with Crippen LogP contribution in [0, 0.1) is 0 Å². The lowest BCUT2D eigenvalue weighted by Crippen LogP contribution is -2.34. The van der Waals surface area contributed by atoms with Crippen molar-refractivity contribution in [2.75, 3.05) is 24.4 Å². The van der Waals surface area contributed by atoms with E-state index >= 15 is 0 Å². The fourth-order valence-electron chi connectivity index (χ4n) is 3.15. The monoisotopic (exact) mass is 564 g/mol. The van der Waals surface area contributed by atoms with Gasteiger partial charge in [-0.2, -0.15) is 13.2 Å². The molecule has 0 N–H and O–H groups in total. The molecule has 0 atom stereocenters. The van der Waals surface area contributed by atoms with Gasteiger partial charge in [0.25, 0.3) is 10.0 Å². The first kappa shape index (κ1) is 27.3. The molecule has 1 aromatic heterocycles. The Hall–Kier alpha value is -2.31. The van der Waals surface area contributed by atoms with Gasteiger partial charge in [-0.25, -0.2) is 17.7 Å². The Morgan fingerprint density at radius 2 is 1.83 bits per heavy atom. The summed E-state index contributed by atoms with van der Waals surface area (Å²) >= 11 is 13.0. The van der Waals surface area contributed by atoms with Gasteiger partial charge < -0.3 is 4.74 Å². The summed E-state index contributed by atoms with van der Waals surface area (Å²) in [5, 5.41) is -0.665. The number of aromatic nitrogens is 1. The minimum Gasteiger partial charge on any atom is -0.363 e. The molecule has 0 spiro atoms. The van der Waals surface area contributed by atoms with Crippen LogP contribution < -0.4 is 4.31 Å². The number of alkyl halides is 3. The second-order valence-electron chi connectivity index (χ2n) is 6.96. The predicted molar refractivity (Wildman–Crippen MR) is 129 cm³/mol. The number of pyridine rings is 1. The van der Waals surface area contributed by atoms with Crippen LogP contribution in [0.1, 0.15) is 21.6 Å². The van der Waals surface area contributed by atoms with Crippen LogP contribution >= 0.6 is 35.0 Å². The van der Waals surface area contributed by atoms with Gasteiger partial charge in [-0.1, -0.05) is 35.3 Å². The molecule has 0 aliphatic heterocycles. The molecule has 13 heteroatoms. The maximum absolute atomic E-state index is 13.5. The minimum absolute atomic E-state index is 0.00177. The number of halogens is 5. The number of benzene rings is 2. The fourth-order valence-corrected chi connectivity index (χ4v) is 5.52. The summed E-state index contributed by atoms with van der Waals surface area (Å²) in [6, 6.07) is 10.0. The van der Waals surface area contributed by atoms with E-state index in [1.165, 1.54) is 31.1 Å². The molecule has 35 heavy (non-hydrogen) atoms. The molecule has 1 heterocycles. The predicted octanol–water partition coefficient (Wildman–Crippen LogP) is 6.16. The highest BCUT2D eigenvalue weighted by Gasteiger charge is 2.36. The highest BCUT2D eigenvalue weighted by atomic mass is 35.5. The zero-order valence-corrected chi connectivity index (χ0v) is 21.3. The number of ketones is 1. The lowest BCUT2D eigenvalue weighted by Gasteiger charge is -2.25. The van der Waals surface area contributed by atoms with Gasteiger partial charge >= 0.3 is 6.18 Å². The van der Waals surface area contributed by atoms with Crippen LogP contribution in [-0.2, 0) is 20.9 Å². The van der Waals surface area contributed by atoms with Crippen molar-refractivity contribution < 1.29 is 31.1 Å². The number of ether oxygens (including phenoxy) is 1. The highest BCUT2D eigenvalue weighted by molar-refractivity contribution is 7.98. The summed E-state index contributed by atoms with van der Waals surface area (Å²) in [6.07, 6.45) is -1.96. The summed E-state index contributed by atoms with van der Waals surface area (Å²) in [5.41, 5.74) is -1.60. The second-order valence-corrected chi connectivity index (χ2v) is 10.5. The van der Waals surface area contributed by atoms with E-state index in [4.69, 9.17) is 27.9 Å². The van der Waals surface area contributed by atoms with Crippen molar-refractivity contribution >= 4 is 56.5 Å². The molecule has 0 aliphatic carbocycles. The number of carbonyl (C=O) groups excluding carboxylic acids is 1. The van der Waals surface area contributed by atoms with Crippen molar-refractivity contribution in [1.29, 1.82) is 0 Å². The van der Waals surface area contributed by atoms with E-state index in [2.05, 4.69) is 4.98 Å². The zero-order chi connectivity index (χ0) is 26.0. The average molecular weight is 565 g/mol. The summed E-state index contributed by atoms with van der Waals surface area (Å²) in [7, 11) is -3.50. The molecule has 0 saturated carbocycles. The number of nitrogens with zero attached hydrogens (tertiary/aromatic N) is 2. The molecule has 6 nitrogen and oxygen atoms in total. The van der Waals surface area contributed by atoms with Crippen LogP contribution in [0.2, 0.25) is 10.0 Å². The first-order valence-corrected chi connectivity index (χ1v) is 13.1. The fraction of sp³-hybridized carbons (Fsp3) is 0.182. The lowest BCUT2D eigenvalue weighted by atomic mass is 10.1. The number of hydrogen-bond donors (Lipinski definition) is 0. The number of thioether (sulfide) groups is 1. The van der Waals surface area contributed by atoms with Crippen molar-refractivity contribution in [3.05, 3.63) is 81.6 Å². The number of rotatable bonds is 8. The van der Waals surface area contributed by atoms with Gasteiger partial charge in [-0.15, -0.1) is 11.8 Å². The third-order valence-electron chi connectivity index (χ3n) is 4.75. The van der Waals surface area contributed by atoms with Crippen LogP contribution in [0.15, 0.2) is 64.5 Å². The summed E-state index contributed by atoms with van der Waals surface area (Å²) < 4.78 is 72.8. The molecule has 186 valence electrons. The topological polar surface area (TPSA) is 76.6 Å². The Morgan fingerprint density at radius 3 is 2.46 bits per heavy atom. The smallest absolute Gasteiger partial charge is 0.363 e. The minimum atomic E-state index is -4.89. The quantitative estimate of drug-likeness (QED) is 0.185. The third-order valence-corrected chi connectivity index (χ3v) is 7.81. The van der Waals surface area contributed by atoms with Crippen molar-refractivity contribution in [2.45, 2.75) is 16.0 Å². The van der Waals surface area contributed by atoms with Crippen LogP contribution in [-0.4, -0.2) is 39.3 Å². The molecule has 3 aromatic rings. The molecule has 0 fully saturated rings. The standard InChI is InChI=1S/C22H17Cl2F3N2O4S2/c1-33-12-29(35(31,32)14-7-8-17(24)16(10-14)22(25,26)27)18-9-13(23)11-28-20(18)21(30)15-5-3-4-6-19(15)34-2/h3-11H,12H2,1-2H3. The zero-order valence-electron chi connectivity index (χ0n) is 18.1. The maximum atomic E-state index is 13.5. The summed E-state index contributed by atoms with van der Waals surface area (Å²) in [6.45, 7) is -0.640. The van der Waals surface area contributed by atoms with Gasteiger partial charge in [0.2, 0.25) is 5.78 Å². The molecule has 0 amide bonds. The number of sulfonamides is 1. The second kappa shape index (κ2) is 10.8. The van der Waals surface area contributed by atoms with Crippen molar-refractivity contribution in [3.63, 3.8) is 0 Å². The van der Waals surface area contributed by atoms with E-state index in [-0.39, 0.29) is 22.0 Å². The molecule has 0 aliphatic rings. The van der Waals surface area contributed by atoms with E-state index in [1.54, 1.807) is 30.5 Å². The first-order valence-electron chi connectivity index (χ1n) is 9.63. The number of anilines is 1. The van der Waals surface area contributed by atoms with Gasteiger partial charge in [-0.3, -0.25) is 4.79 Å². The third kappa shape index (κ3) is 5.75. The molecule has 0 unspecified atom stereocenters. The molecular weight excluding hydrogens is 548 g/mol. The SMILES string of the molecule is COCN(c1cc(Cl)cnc1C(=O)c1ccccc1SC)S(=O)(=O)c1ccc(Cl)c(C(F)(F)F)c1. The molecule has 2 aromatic carbocycles. The van der Waals surface area contributed by atoms with Crippen LogP contribution in [0.25, 0.3) is 0 Å². The van der Waals surface area contributed by atoms with Gasteiger partial charge in [-0.05, 0) is 42.7 Å². The van der Waals surface area contributed by atoms with Crippen molar-refractivity contribution in [2.24, 2.45) is 0 Å². The molecule has 0 bridgehead atoms. The van der Waals surface area contributed by atoms with Crippen molar-refractivity contribution in [1.82, 2.24) is 4.98 Å². The van der Waals surface area contributed by atoms with Crippen LogP contribution in [0.3, 0.4) is 0 Å². The molecular formula is C22H17Cl2F3N2O4S2. The Labute approximate surface area is 214 Å². The van der Waals surface area contributed by atoms with E-state index in [0.29, 0.717) is 15.3 Å². The van der Waals surface area contributed by atoms with E-state index in [1.807, 2.05) is 0 Å². The Balaban J connectivity index is 2.22. The Kier molecular flexibility index (Phi) is 8.38. The number of methoxy groups -OCH3 is 1. The molecule has 0 radical (unpaired) electrons. The van der Waals surface area contributed by atoms with Crippen molar-refractivity contribution in [3.8, 4) is 0 Å². The average Bonchev–Trinajstić information content (AvgIpc) is 2.81. The van der Waals surface area contributed by atoms with E-state index < -0.39 is 44.2 Å². The number of carbonyl (C=O) groups is 1. The number of hydrogen-bond acceptors (Lipinski definition) is 6. The van der Waals surface area contributed by atoms with Gasteiger partial charge in [0.15, 0.2) is 0 Å². The van der Waals surface area contributed by atoms with Crippen LogP contribution in [0.5, 0.6) is 0 Å². The normalized spacial score (nSPS) is 12.0. The van der Waals surface area contributed by atoms with Gasteiger partial charge in [0.05, 0.1) is 26.2 Å².